The quantitative estimate of drug-likeness (QED) is 0.597. The average Bonchev–Trinajstić information content (AvgIpc) is 2.27. The minimum atomic E-state index is 0.147. The van der Waals surface area contributed by atoms with E-state index in [0.717, 1.165) is 23.4 Å². The molecule has 0 radical (unpaired) electrons. The largest absolute Gasteiger partial charge is 0.271 e. The molecule has 3 N–H and O–H groups in total. The maximum Gasteiger partial charge on any atom is 0.0502 e. The van der Waals surface area contributed by atoms with Crippen molar-refractivity contribution < 1.29 is 0 Å². The molecule has 0 spiro atoms. The molecule has 1 aromatic carbocycles. The molecule has 0 fully saturated rings. The third-order valence-corrected chi connectivity index (χ3v) is 3.28. The fourth-order valence-electron chi connectivity index (χ4n) is 1.97. The number of rotatable bonds is 5. The van der Waals surface area contributed by atoms with E-state index < -0.39 is 0 Å². The molecular formula is C12H19ClN2. The van der Waals surface area contributed by atoms with E-state index in [1.807, 2.05) is 24.3 Å². The highest BCUT2D eigenvalue weighted by Crippen LogP contribution is 2.30. The van der Waals surface area contributed by atoms with Gasteiger partial charge < -0.3 is 0 Å². The third kappa shape index (κ3) is 2.94. The van der Waals surface area contributed by atoms with E-state index in [9.17, 15) is 0 Å². The van der Waals surface area contributed by atoms with Crippen LogP contribution < -0.4 is 11.3 Å². The second kappa shape index (κ2) is 6.11. The lowest BCUT2D eigenvalue weighted by Crippen LogP contribution is -2.33. The minimum absolute atomic E-state index is 0.147. The van der Waals surface area contributed by atoms with Gasteiger partial charge in [-0.15, -0.1) is 0 Å². The van der Waals surface area contributed by atoms with E-state index in [0.29, 0.717) is 5.92 Å². The van der Waals surface area contributed by atoms with Crippen molar-refractivity contribution in [1.29, 1.82) is 0 Å². The van der Waals surface area contributed by atoms with Gasteiger partial charge in [-0.3, -0.25) is 11.3 Å². The number of halogens is 1. The molecule has 15 heavy (non-hydrogen) atoms. The first-order valence-corrected chi connectivity index (χ1v) is 5.82. The van der Waals surface area contributed by atoms with E-state index in [-0.39, 0.29) is 6.04 Å². The fraction of sp³-hybridized carbons (Fsp3) is 0.500. The fourth-order valence-corrected chi connectivity index (χ4v) is 2.22. The van der Waals surface area contributed by atoms with Gasteiger partial charge in [0.1, 0.15) is 0 Å². The number of hydrogen-bond donors (Lipinski definition) is 2. The van der Waals surface area contributed by atoms with Gasteiger partial charge in [0.05, 0.1) is 6.04 Å². The van der Waals surface area contributed by atoms with E-state index in [1.54, 1.807) is 0 Å². The van der Waals surface area contributed by atoms with Crippen LogP contribution in [0.2, 0.25) is 5.02 Å². The molecule has 3 heteroatoms. The molecule has 1 atom stereocenters. The summed E-state index contributed by atoms with van der Waals surface area (Å²) in [7, 11) is 0. The molecule has 1 unspecified atom stereocenters. The number of benzene rings is 1. The molecule has 0 aromatic heterocycles. The van der Waals surface area contributed by atoms with Gasteiger partial charge >= 0.3 is 0 Å². The number of nitrogens with one attached hydrogen (secondary N) is 1. The molecule has 0 aliphatic carbocycles. The summed E-state index contributed by atoms with van der Waals surface area (Å²) in [4.78, 5) is 0. The van der Waals surface area contributed by atoms with Crippen LogP contribution in [0.25, 0.3) is 0 Å². The van der Waals surface area contributed by atoms with Gasteiger partial charge in [-0.05, 0) is 17.5 Å². The summed E-state index contributed by atoms with van der Waals surface area (Å²) in [6, 6.07) is 8.02. The minimum Gasteiger partial charge on any atom is -0.271 e. The predicted molar refractivity (Wildman–Crippen MR) is 65.6 cm³/mol. The van der Waals surface area contributed by atoms with Crippen molar-refractivity contribution >= 4 is 11.6 Å². The van der Waals surface area contributed by atoms with E-state index in [2.05, 4.69) is 19.3 Å². The molecule has 1 rings (SSSR count). The first-order valence-electron chi connectivity index (χ1n) is 5.45. The molecule has 0 bridgehead atoms. The van der Waals surface area contributed by atoms with Gasteiger partial charge in [0, 0.05) is 5.02 Å². The first kappa shape index (κ1) is 12.5. The highest BCUT2D eigenvalue weighted by molar-refractivity contribution is 6.31. The van der Waals surface area contributed by atoms with Gasteiger partial charge in [-0.2, -0.15) is 0 Å². The summed E-state index contributed by atoms with van der Waals surface area (Å²) in [5.74, 6) is 6.14. The Hall–Kier alpha value is -0.570. The summed E-state index contributed by atoms with van der Waals surface area (Å²) in [6.45, 7) is 4.35. The zero-order valence-electron chi connectivity index (χ0n) is 9.33. The van der Waals surface area contributed by atoms with Gasteiger partial charge in [-0.1, -0.05) is 56.5 Å². The van der Waals surface area contributed by atoms with Gasteiger partial charge in [0.25, 0.3) is 0 Å². The van der Waals surface area contributed by atoms with Crippen molar-refractivity contribution in [2.24, 2.45) is 11.8 Å². The lowest BCUT2D eigenvalue weighted by molar-refractivity contribution is 0.345. The molecule has 0 heterocycles. The first-order chi connectivity index (χ1) is 7.24. The maximum atomic E-state index is 6.16. The zero-order chi connectivity index (χ0) is 11.3. The molecule has 2 nitrogen and oxygen atoms in total. The Balaban J connectivity index is 2.96. The van der Waals surface area contributed by atoms with Crippen LogP contribution in [0.4, 0.5) is 0 Å². The standard InChI is InChI=1S/C12H19ClN2/c1-3-9(4-2)12(15-14)10-7-5-6-8-11(10)13/h5-9,12,15H,3-4,14H2,1-2H3. The highest BCUT2D eigenvalue weighted by Gasteiger charge is 2.20. The van der Waals surface area contributed by atoms with Crippen molar-refractivity contribution in [3.63, 3.8) is 0 Å². The number of hydrazine groups is 1. The highest BCUT2D eigenvalue weighted by atomic mass is 35.5. The van der Waals surface area contributed by atoms with E-state index in [4.69, 9.17) is 17.4 Å². The van der Waals surface area contributed by atoms with Crippen LogP contribution in [0.3, 0.4) is 0 Å². The molecule has 1 aromatic rings. The maximum absolute atomic E-state index is 6.16. The van der Waals surface area contributed by atoms with Crippen molar-refractivity contribution in [3.8, 4) is 0 Å². The smallest absolute Gasteiger partial charge is 0.0502 e. The van der Waals surface area contributed by atoms with Crippen LogP contribution in [0.1, 0.15) is 38.3 Å². The summed E-state index contributed by atoms with van der Waals surface area (Å²) in [5, 5.41) is 0.785. The van der Waals surface area contributed by atoms with Crippen molar-refractivity contribution in [3.05, 3.63) is 34.9 Å². The molecule has 0 amide bonds. The summed E-state index contributed by atoms with van der Waals surface area (Å²) in [6.07, 6.45) is 2.19. The molecule has 0 saturated heterocycles. The van der Waals surface area contributed by atoms with Crippen LogP contribution in [0.15, 0.2) is 24.3 Å². The Bertz CT molecular complexity index is 297. The summed E-state index contributed by atoms with van der Waals surface area (Å²) < 4.78 is 0. The van der Waals surface area contributed by atoms with Gasteiger partial charge in [0.2, 0.25) is 0 Å². The lowest BCUT2D eigenvalue weighted by atomic mass is 9.89. The van der Waals surface area contributed by atoms with Crippen LogP contribution in [-0.2, 0) is 0 Å². The Kier molecular flexibility index (Phi) is 5.09. The topological polar surface area (TPSA) is 38.0 Å². The van der Waals surface area contributed by atoms with Crippen LogP contribution in [0, 0.1) is 5.92 Å². The summed E-state index contributed by atoms with van der Waals surface area (Å²) >= 11 is 6.16. The third-order valence-electron chi connectivity index (χ3n) is 2.94. The van der Waals surface area contributed by atoms with Crippen LogP contribution in [-0.4, -0.2) is 0 Å². The molecule has 0 aliphatic rings. The SMILES string of the molecule is CCC(CC)C(NN)c1ccccc1Cl. The predicted octanol–water partition coefficient (Wildman–Crippen LogP) is 3.28. The second-order valence-corrected chi connectivity index (χ2v) is 4.15. The monoisotopic (exact) mass is 226 g/mol. The lowest BCUT2D eigenvalue weighted by Gasteiger charge is -2.25. The van der Waals surface area contributed by atoms with E-state index in [1.165, 1.54) is 0 Å². The van der Waals surface area contributed by atoms with Crippen molar-refractivity contribution in [2.75, 3.05) is 0 Å². The van der Waals surface area contributed by atoms with E-state index >= 15 is 0 Å². The number of nitrogens with two attached hydrogens (primary N) is 1. The van der Waals surface area contributed by atoms with Crippen LogP contribution in [0.5, 0.6) is 0 Å². The second-order valence-electron chi connectivity index (χ2n) is 3.74. The van der Waals surface area contributed by atoms with Crippen LogP contribution >= 0.6 is 11.6 Å². The molecule has 84 valence electrons. The molecule has 0 saturated carbocycles. The van der Waals surface area contributed by atoms with Gasteiger partial charge in [0.15, 0.2) is 0 Å². The Morgan fingerprint density at radius 1 is 1.27 bits per heavy atom. The zero-order valence-corrected chi connectivity index (χ0v) is 10.1. The average molecular weight is 227 g/mol. The molecule has 0 aliphatic heterocycles. The normalized spacial score (nSPS) is 13.1. The summed E-state index contributed by atoms with van der Waals surface area (Å²) in [5.41, 5.74) is 3.97. The Labute approximate surface area is 96.8 Å². The Morgan fingerprint density at radius 3 is 2.33 bits per heavy atom. The van der Waals surface area contributed by atoms with Crippen molar-refractivity contribution in [1.82, 2.24) is 5.43 Å². The Morgan fingerprint density at radius 2 is 1.87 bits per heavy atom. The van der Waals surface area contributed by atoms with Gasteiger partial charge in [-0.25, -0.2) is 0 Å². The van der Waals surface area contributed by atoms with Crippen molar-refractivity contribution in [2.45, 2.75) is 32.7 Å². The molecular weight excluding hydrogens is 208 g/mol. The number of hydrogen-bond acceptors (Lipinski definition) is 2.